The largest absolute Gasteiger partial charge is 0.396 e. The van der Waals surface area contributed by atoms with Gasteiger partial charge in [0.1, 0.15) is 11.6 Å². The number of aliphatic hydroxyl groups excluding tert-OH is 1. The summed E-state index contributed by atoms with van der Waals surface area (Å²) < 4.78 is 2.04. The Morgan fingerprint density at radius 2 is 1.90 bits per heavy atom. The first-order valence-electron chi connectivity index (χ1n) is 7.52. The van der Waals surface area contributed by atoms with Gasteiger partial charge in [0.05, 0.1) is 6.54 Å². The molecule has 0 aliphatic rings. The van der Waals surface area contributed by atoms with Gasteiger partial charge in [-0.05, 0) is 18.4 Å². The molecule has 114 valence electrons. The molecule has 0 aliphatic heterocycles. The minimum Gasteiger partial charge on any atom is -0.396 e. The van der Waals surface area contributed by atoms with E-state index < -0.39 is 0 Å². The maximum absolute atomic E-state index is 9.07. The summed E-state index contributed by atoms with van der Waals surface area (Å²) in [5.74, 6) is 1.94. The first-order chi connectivity index (χ1) is 10.3. The van der Waals surface area contributed by atoms with Gasteiger partial charge in [0.25, 0.3) is 0 Å². The van der Waals surface area contributed by atoms with Crippen LogP contribution < -0.4 is 5.32 Å². The van der Waals surface area contributed by atoms with E-state index in [0.717, 1.165) is 30.9 Å². The summed E-state index contributed by atoms with van der Waals surface area (Å²) in [5, 5.41) is 21.0. The van der Waals surface area contributed by atoms with Crippen molar-refractivity contribution in [3.05, 3.63) is 47.5 Å². The molecule has 1 heterocycles. The van der Waals surface area contributed by atoms with Crippen molar-refractivity contribution in [3.63, 3.8) is 0 Å². The van der Waals surface area contributed by atoms with Crippen LogP contribution in [0.25, 0.3) is 0 Å². The maximum atomic E-state index is 9.07. The molecule has 1 aromatic heterocycles. The molecular formula is C16H24N4O. The molecule has 0 aliphatic carbocycles. The zero-order valence-electron chi connectivity index (χ0n) is 12.8. The van der Waals surface area contributed by atoms with E-state index in [1.165, 1.54) is 5.56 Å². The highest BCUT2D eigenvalue weighted by atomic mass is 16.2. The molecule has 5 nitrogen and oxygen atoms in total. The zero-order valence-corrected chi connectivity index (χ0v) is 12.8. The third-order valence-corrected chi connectivity index (χ3v) is 3.73. The van der Waals surface area contributed by atoms with Crippen LogP contribution in [0.1, 0.15) is 43.0 Å². The van der Waals surface area contributed by atoms with Crippen molar-refractivity contribution in [2.45, 2.75) is 38.8 Å². The quantitative estimate of drug-likeness (QED) is 0.779. The fourth-order valence-corrected chi connectivity index (χ4v) is 2.44. The summed E-state index contributed by atoms with van der Waals surface area (Å²) in [5.41, 5.74) is 1.24. The van der Waals surface area contributed by atoms with Crippen LogP contribution >= 0.6 is 0 Å². The van der Waals surface area contributed by atoms with Crippen molar-refractivity contribution in [1.29, 1.82) is 0 Å². The fraction of sp³-hybridized carbons (Fsp3) is 0.500. The number of nitrogens with one attached hydrogen (secondary N) is 1. The second-order valence-electron chi connectivity index (χ2n) is 5.16. The Balaban J connectivity index is 2.03. The smallest absolute Gasteiger partial charge is 0.146 e. The summed E-state index contributed by atoms with van der Waals surface area (Å²) in [4.78, 5) is 0. The molecular weight excluding hydrogens is 264 g/mol. The third-order valence-electron chi connectivity index (χ3n) is 3.73. The van der Waals surface area contributed by atoms with Crippen LogP contribution in [0.15, 0.2) is 30.3 Å². The predicted octanol–water partition coefficient (Wildman–Crippen LogP) is 1.98. The van der Waals surface area contributed by atoms with E-state index in [-0.39, 0.29) is 12.6 Å². The van der Waals surface area contributed by atoms with Gasteiger partial charge >= 0.3 is 0 Å². The molecule has 1 aromatic carbocycles. The van der Waals surface area contributed by atoms with Crippen LogP contribution in [0.5, 0.6) is 0 Å². The van der Waals surface area contributed by atoms with E-state index >= 15 is 0 Å². The van der Waals surface area contributed by atoms with Crippen LogP contribution in [0.3, 0.4) is 0 Å². The summed E-state index contributed by atoms with van der Waals surface area (Å²) in [6, 6.07) is 10.6. The van der Waals surface area contributed by atoms with Crippen molar-refractivity contribution in [3.8, 4) is 0 Å². The molecule has 2 N–H and O–H groups in total. The average Bonchev–Trinajstić information content (AvgIpc) is 2.88. The average molecular weight is 288 g/mol. The summed E-state index contributed by atoms with van der Waals surface area (Å²) in [6.45, 7) is 2.97. The number of aromatic nitrogens is 3. The maximum Gasteiger partial charge on any atom is 0.146 e. The Labute approximate surface area is 126 Å². The zero-order chi connectivity index (χ0) is 15.1. The Kier molecular flexibility index (Phi) is 5.90. The lowest BCUT2D eigenvalue weighted by Crippen LogP contribution is -2.23. The fourth-order valence-electron chi connectivity index (χ4n) is 2.44. The lowest BCUT2D eigenvalue weighted by atomic mass is 10.0. The van der Waals surface area contributed by atoms with Crippen molar-refractivity contribution in [1.82, 2.24) is 20.1 Å². The molecule has 0 spiro atoms. The van der Waals surface area contributed by atoms with Gasteiger partial charge in [-0.2, -0.15) is 0 Å². The van der Waals surface area contributed by atoms with Gasteiger partial charge in [-0.1, -0.05) is 37.3 Å². The van der Waals surface area contributed by atoms with Gasteiger partial charge in [-0.25, -0.2) is 0 Å². The molecule has 0 fully saturated rings. The van der Waals surface area contributed by atoms with E-state index in [4.69, 9.17) is 5.11 Å². The summed E-state index contributed by atoms with van der Waals surface area (Å²) >= 11 is 0. The van der Waals surface area contributed by atoms with Crippen LogP contribution in [0.2, 0.25) is 0 Å². The highest BCUT2D eigenvalue weighted by molar-refractivity contribution is 5.18. The van der Waals surface area contributed by atoms with Gasteiger partial charge in [-0.15, -0.1) is 10.2 Å². The second-order valence-corrected chi connectivity index (χ2v) is 5.16. The minimum absolute atomic E-state index is 0.217. The number of rotatable bonds is 8. The number of nitrogens with zero attached hydrogens (tertiary/aromatic N) is 3. The molecule has 0 saturated heterocycles. The molecule has 0 saturated carbocycles. The molecule has 2 rings (SSSR count). The van der Waals surface area contributed by atoms with Gasteiger partial charge < -0.3 is 15.0 Å². The van der Waals surface area contributed by atoms with Crippen LogP contribution in [0, 0.1) is 0 Å². The van der Waals surface area contributed by atoms with Crippen LogP contribution in [-0.4, -0.2) is 26.5 Å². The topological polar surface area (TPSA) is 63.0 Å². The van der Waals surface area contributed by atoms with Gasteiger partial charge in [-0.3, -0.25) is 0 Å². The van der Waals surface area contributed by atoms with Crippen molar-refractivity contribution < 1.29 is 5.11 Å². The predicted molar refractivity (Wildman–Crippen MR) is 82.7 cm³/mol. The van der Waals surface area contributed by atoms with Crippen LogP contribution in [-0.2, 0) is 20.0 Å². The Hall–Kier alpha value is -1.72. The molecule has 0 radical (unpaired) electrons. The Morgan fingerprint density at radius 3 is 2.52 bits per heavy atom. The van der Waals surface area contributed by atoms with E-state index in [1.54, 1.807) is 0 Å². The van der Waals surface area contributed by atoms with E-state index in [9.17, 15) is 0 Å². The van der Waals surface area contributed by atoms with Crippen molar-refractivity contribution in [2.75, 3.05) is 6.61 Å². The molecule has 0 bridgehead atoms. The molecule has 2 aromatic rings. The summed E-state index contributed by atoms with van der Waals surface area (Å²) in [6.07, 6.45) is 2.57. The molecule has 1 atom stereocenters. The molecule has 1 unspecified atom stereocenters. The number of aliphatic hydroxyl groups is 1. The third kappa shape index (κ3) is 4.12. The van der Waals surface area contributed by atoms with E-state index in [2.05, 4.69) is 34.6 Å². The highest BCUT2D eigenvalue weighted by Gasteiger charge is 2.13. The lowest BCUT2D eigenvalue weighted by Gasteiger charge is -2.18. The van der Waals surface area contributed by atoms with E-state index in [0.29, 0.717) is 6.54 Å². The SMILES string of the molecule is CCc1nnc(CNC(CCCO)c2ccccc2)n1C. The Morgan fingerprint density at radius 1 is 1.19 bits per heavy atom. The number of benzene rings is 1. The lowest BCUT2D eigenvalue weighted by molar-refractivity contribution is 0.274. The van der Waals surface area contributed by atoms with Crippen molar-refractivity contribution in [2.24, 2.45) is 7.05 Å². The highest BCUT2D eigenvalue weighted by Crippen LogP contribution is 2.18. The van der Waals surface area contributed by atoms with Gasteiger partial charge in [0, 0.05) is 26.1 Å². The first kappa shape index (κ1) is 15.7. The second kappa shape index (κ2) is 7.90. The van der Waals surface area contributed by atoms with Crippen molar-refractivity contribution >= 4 is 0 Å². The number of hydrogen-bond donors (Lipinski definition) is 2. The van der Waals surface area contributed by atoms with Crippen LogP contribution in [0.4, 0.5) is 0 Å². The van der Waals surface area contributed by atoms with Gasteiger partial charge in [0.2, 0.25) is 0 Å². The monoisotopic (exact) mass is 288 g/mol. The van der Waals surface area contributed by atoms with Gasteiger partial charge in [0.15, 0.2) is 0 Å². The molecule has 5 heteroatoms. The first-order valence-corrected chi connectivity index (χ1v) is 7.52. The summed E-state index contributed by atoms with van der Waals surface area (Å²) in [7, 11) is 2.00. The normalized spacial score (nSPS) is 12.5. The molecule has 21 heavy (non-hydrogen) atoms. The Bertz CT molecular complexity index is 538. The van der Waals surface area contributed by atoms with E-state index in [1.807, 2.05) is 29.8 Å². The minimum atomic E-state index is 0.217. The molecule has 0 amide bonds. The number of aryl methyl sites for hydroxylation is 1. The standard InChI is InChI=1S/C16H24N4O/c1-3-15-18-19-16(20(15)2)12-17-14(10-7-11-21)13-8-5-4-6-9-13/h4-6,8-9,14,17,21H,3,7,10-12H2,1-2H3. The number of hydrogen-bond acceptors (Lipinski definition) is 4.